The summed E-state index contributed by atoms with van der Waals surface area (Å²) in [4.78, 5) is 4.21. The normalized spacial score (nSPS) is 11.4. The summed E-state index contributed by atoms with van der Waals surface area (Å²) in [6.45, 7) is 2.39. The number of nitrogens with zero attached hydrogens (tertiary/aromatic N) is 4. The van der Waals surface area contributed by atoms with Crippen LogP contribution in [0.1, 0.15) is 22.5 Å². The average Bonchev–Trinajstić information content (AvgIpc) is 2.89. The van der Waals surface area contributed by atoms with Gasteiger partial charge in [-0.2, -0.15) is 10.4 Å². The van der Waals surface area contributed by atoms with E-state index in [4.69, 9.17) is 23.2 Å². The summed E-state index contributed by atoms with van der Waals surface area (Å²) >= 11 is 12.4. The van der Waals surface area contributed by atoms with Gasteiger partial charge in [-0.3, -0.25) is 4.98 Å². The molecule has 25 heavy (non-hydrogen) atoms. The van der Waals surface area contributed by atoms with E-state index >= 15 is 0 Å². The van der Waals surface area contributed by atoms with Crippen LogP contribution in [-0.4, -0.2) is 14.8 Å². The molecule has 0 unspecified atom stereocenters. The van der Waals surface area contributed by atoms with Crippen LogP contribution in [0.25, 0.3) is 11.6 Å². The predicted octanol–water partition coefficient (Wildman–Crippen LogP) is 5.01. The second-order valence-electron chi connectivity index (χ2n) is 5.46. The van der Waals surface area contributed by atoms with Gasteiger partial charge in [0.05, 0.1) is 23.5 Å². The SMILES string of the molecule is Cc1nn(Cc2ccc(Cl)cc2)c(Cl)c1/C=C(/C#N)c1ccccn1. The lowest BCUT2D eigenvalue weighted by Gasteiger charge is -2.04. The Morgan fingerprint density at radius 1 is 1.20 bits per heavy atom. The molecule has 0 bridgehead atoms. The molecule has 1 aromatic carbocycles. The Morgan fingerprint density at radius 3 is 2.60 bits per heavy atom. The summed E-state index contributed by atoms with van der Waals surface area (Å²) in [6.07, 6.45) is 3.38. The highest BCUT2D eigenvalue weighted by Crippen LogP contribution is 2.26. The summed E-state index contributed by atoms with van der Waals surface area (Å²) in [5, 5.41) is 15.1. The number of nitriles is 1. The number of benzene rings is 1. The first-order valence-corrected chi connectivity index (χ1v) is 8.34. The molecule has 0 N–H and O–H groups in total. The van der Waals surface area contributed by atoms with Crippen LogP contribution in [0.2, 0.25) is 10.2 Å². The van der Waals surface area contributed by atoms with Gasteiger partial charge in [-0.25, -0.2) is 4.68 Å². The van der Waals surface area contributed by atoms with Gasteiger partial charge in [0.25, 0.3) is 0 Å². The number of hydrogen-bond donors (Lipinski definition) is 0. The minimum Gasteiger partial charge on any atom is -0.256 e. The fourth-order valence-corrected chi connectivity index (χ4v) is 2.84. The lowest BCUT2D eigenvalue weighted by Crippen LogP contribution is -2.01. The molecule has 124 valence electrons. The van der Waals surface area contributed by atoms with Gasteiger partial charge in [-0.05, 0) is 42.8 Å². The highest BCUT2D eigenvalue weighted by Gasteiger charge is 2.14. The maximum absolute atomic E-state index is 9.45. The van der Waals surface area contributed by atoms with Gasteiger partial charge in [0.1, 0.15) is 11.2 Å². The fourth-order valence-electron chi connectivity index (χ4n) is 2.43. The van der Waals surface area contributed by atoms with Gasteiger partial charge in [0.15, 0.2) is 0 Å². The quantitative estimate of drug-likeness (QED) is 0.608. The zero-order valence-electron chi connectivity index (χ0n) is 13.4. The second kappa shape index (κ2) is 7.52. The first-order chi connectivity index (χ1) is 12.1. The van der Waals surface area contributed by atoms with Crippen LogP contribution in [0.3, 0.4) is 0 Å². The van der Waals surface area contributed by atoms with Crippen molar-refractivity contribution in [1.82, 2.24) is 14.8 Å². The van der Waals surface area contributed by atoms with Crippen LogP contribution in [0.4, 0.5) is 0 Å². The van der Waals surface area contributed by atoms with Gasteiger partial charge in [0.2, 0.25) is 0 Å². The van der Waals surface area contributed by atoms with Crippen molar-refractivity contribution < 1.29 is 0 Å². The topological polar surface area (TPSA) is 54.5 Å². The Hall–Kier alpha value is -2.61. The van der Waals surface area contributed by atoms with Gasteiger partial charge >= 0.3 is 0 Å². The van der Waals surface area contributed by atoms with Crippen LogP contribution in [-0.2, 0) is 6.54 Å². The van der Waals surface area contributed by atoms with Crippen LogP contribution >= 0.6 is 23.2 Å². The van der Waals surface area contributed by atoms with Crippen LogP contribution in [0.5, 0.6) is 0 Å². The molecule has 0 aliphatic rings. The van der Waals surface area contributed by atoms with E-state index in [0.717, 1.165) is 16.8 Å². The minimum atomic E-state index is 0.441. The van der Waals surface area contributed by atoms with E-state index in [1.54, 1.807) is 29.1 Å². The number of hydrogen-bond acceptors (Lipinski definition) is 3. The number of aryl methyl sites for hydroxylation is 1. The molecule has 0 saturated heterocycles. The third kappa shape index (κ3) is 3.90. The predicted molar refractivity (Wildman–Crippen MR) is 100 cm³/mol. The van der Waals surface area contributed by atoms with E-state index < -0.39 is 0 Å². The van der Waals surface area contributed by atoms with E-state index in [0.29, 0.717) is 28.0 Å². The van der Waals surface area contributed by atoms with Gasteiger partial charge in [-0.1, -0.05) is 41.4 Å². The molecule has 2 heterocycles. The molecule has 3 rings (SSSR count). The van der Waals surface area contributed by atoms with Gasteiger partial charge in [0, 0.05) is 16.8 Å². The molecule has 4 nitrogen and oxygen atoms in total. The number of halogens is 2. The zero-order chi connectivity index (χ0) is 17.8. The van der Waals surface area contributed by atoms with Crippen molar-refractivity contribution in [2.45, 2.75) is 13.5 Å². The molecular formula is C19H14Cl2N4. The van der Waals surface area contributed by atoms with Crippen LogP contribution < -0.4 is 0 Å². The minimum absolute atomic E-state index is 0.441. The van der Waals surface area contributed by atoms with E-state index in [1.165, 1.54) is 0 Å². The molecule has 0 saturated carbocycles. The summed E-state index contributed by atoms with van der Waals surface area (Å²) < 4.78 is 1.71. The highest BCUT2D eigenvalue weighted by atomic mass is 35.5. The van der Waals surface area contributed by atoms with Crippen LogP contribution in [0, 0.1) is 18.3 Å². The smallest absolute Gasteiger partial charge is 0.134 e. The first-order valence-electron chi connectivity index (χ1n) is 7.59. The average molecular weight is 369 g/mol. The van der Waals surface area contributed by atoms with Gasteiger partial charge in [-0.15, -0.1) is 0 Å². The standard InChI is InChI=1S/C19H14Cl2N4/c1-13-17(10-15(11-22)18-4-2-3-9-23-18)19(21)25(24-13)12-14-5-7-16(20)8-6-14/h2-10H,12H2,1H3/b15-10-. The number of pyridine rings is 1. The molecule has 6 heteroatoms. The Labute approximate surface area is 156 Å². The molecule has 0 aliphatic heterocycles. The molecule has 2 aromatic heterocycles. The zero-order valence-corrected chi connectivity index (χ0v) is 15.0. The molecule has 0 atom stereocenters. The summed E-state index contributed by atoms with van der Waals surface area (Å²) in [5.41, 5.74) is 3.55. The van der Waals surface area contributed by atoms with Crippen molar-refractivity contribution in [2.24, 2.45) is 0 Å². The lowest BCUT2D eigenvalue weighted by molar-refractivity contribution is 0.680. The highest BCUT2D eigenvalue weighted by molar-refractivity contribution is 6.31. The third-order valence-corrected chi connectivity index (χ3v) is 4.36. The van der Waals surface area contributed by atoms with Crippen molar-refractivity contribution in [3.8, 4) is 6.07 Å². The summed E-state index contributed by atoms with van der Waals surface area (Å²) in [5.74, 6) is 0. The maximum Gasteiger partial charge on any atom is 0.134 e. The Morgan fingerprint density at radius 2 is 1.96 bits per heavy atom. The van der Waals surface area contributed by atoms with E-state index in [1.807, 2.05) is 37.3 Å². The molecule has 3 aromatic rings. The first kappa shape index (κ1) is 17.2. The Balaban J connectivity index is 1.95. The monoisotopic (exact) mass is 368 g/mol. The number of rotatable bonds is 4. The van der Waals surface area contributed by atoms with Crippen molar-refractivity contribution >= 4 is 34.9 Å². The van der Waals surface area contributed by atoms with Crippen molar-refractivity contribution in [2.75, 3.05) is 0 Å². The van der Waals surface area contributed by atoms with E-state index in [-0.39, 0.29) is 0 Å². The molecule has 0 amide bonds. The fraction of sp³-hybridized carbons (Fsp3) is 0.105. The van der Waals surface area contributed by atoms with E-state index in [2.05, 4.69) is 16.2 Å². The van der Waals surface area contributed by atoms with Crippen molar-refractivity contribution in [3.63, 3.8) is 0 Å². The van der Waals surface area contributed by atoms with Gasteiger partial charge < -0.3 is 0 Å². The summed E-state index contributed by atoms with van der Waals surface area (Å²) in [7, 11) is 0. The van der Waals surface area contributed by atoms with Crippen LogP contribution in [0.15, 0.2) is 48.7 Å². The molecule has 0 spiro atoms. The number of allylic oxidation sites excluding steroid dienone is 1. The second-order valence-corrected chi connectivity index (χ2v) is 6.25. The molecule has 0 radical (unpaired) electrons. The largest absolute Gasteiger partial charge is 0.256 e. The van der Waals surface area contributed by atoms with Crippen molar-refractivity contribution in [3.05, 3.63) is 81.4 Å². The lowest BCUT2D eigenvalue weighted by atomic mass is 10.1. The molecule has 0 fully saturated rings. The Bertz CT molecular complexity index is 952. The molecular weight excluding hydrogens is 355 g/mol. The van der Waals surface area contributed by atoms with E-state index in [9.17, 15) is 5.26 Å². The number of aromatic nitrogens is 3. The Kier molecular flexibility index (Phi) is 5.18. The van der Waals surface area contributed by atoms with Crippen molar-refractivity contribution in [1.29, 1.82) is 5.26 Å². The third-order valence-electron chi connectivity index (χ3n) is 3.70. The summed E-state index contributed by atoms with van der Waals surface area (Å²) in [6, 6.07) is 15.1. The molecule has 0 aliphatic carbocycles. The maximum atomic E-state index is 9.45.